The van der Waals surface area contributed by atoms with E-state index in [-0.39, 0.29) is 0 Å². The second-order valence-electron chi connectivity index (χ2n) is 9.73. The van der Waals surface area contributed by atoms with Crippen LogP contribution in [0.25, 0.3) is 0 Å². The molecule has 2 nitrogen and oxygen atoms in total. The lowest BCUT2D eigenvalue weighted by Gasteiger charge is -2.28. The second kappa shape index (κ2) is 13.5. The molecule has 40 heavy (non-hydrogen) atoms. The van der Waals surface area contributed by atoms with Gasteiger partial charge in [-0.1, -0.05) is 94.9 Å². The lowest BCUT2D eigenvalue weighted by Crippen LogP contribution is -2.23. The lowest BCUT2D eigenvalue weighted by atomic mass is 10.1. The second-order valence-corrected chi connectivity index (χ2v) is 11.5. The van der Waals surface area contributed by atoms with Crippen molar-refractivity contribution in [3.8, 4) is 0 Å². The molecule has 5 rings (SSSR count). The molecule has 202 valence electrons. The van der Waals surface area contributed by atoms with Gasteiger partial charge in [-0.25, -0.2) is 0 Å². The van der Waals surface area contributed by atoms with Gasteiger partial charge in [-0.3, -0.25) is 0 Å². The van der Waals surface area contributed by atoms with Gasteiger partial charge in [0.15, 0.2) is 0 Å². The van der Waals surface area contributed by atoms with E-state index in [0.717, 1.165) is 57.6 Å². The van der Waals surface area contributed by atoms with Crippen LogP contribution >= 0.6 is 46.4 Å². The van der Waals surface area contributed by atoms with Gasteiger partial charge in [0.2, 0.25) is 0 Å². The van der Waals surface area contributed by atoms with Gasteiger partial charge in [0, 0.05) is 57.6 Å². The van der Waals surface area contributed by atoms with Gasteiger partial charge >= 0.3 is 0 Å². The van der Waals surface area contributed by atoms with E-state index in [1.807, 2.05) is 48.5 Å². The molecule has 5 aromatic carbocycles. The molecule has 0 saturated heterocycles. The molecule has 0 aromatic heterocycles. The Morgan fingerprint density at radius 3 is 0.700 bits per heavy atom. The average Bonchev–Trinajstić information content (AvgIpc) is 2.97. The number of nitrogens with zero attached hydrogens (tertiary/aromatic N) is 2. The molecule has 0 heterocycles. The predicted molar refractivity (Wildman–Crippen MR) is 172 cm³/mol. The largest absolute Gasteiger partial charge is 0.363 e. The third kappa shape index (κ3) is 7.96. The van der Waals surface area contributed by atoms with Crippen LogP contribution in [0, 0.1) is 0 Å². The molecule has 0 aliphatic heterocycles. The minimum absolute atomic E-state index is 0.735. The van der Waals surface area contributed by atoms with Crippen molar-refractivity contribution in [1.29, 1.82) is 0 Å². The van der Waals surface area contributed by atoms with Crippen LogP contribution in [-0.4, -0.2) is 0 Å². The summed E-state index contributed by atoms with van der Waals surface area (Å²) in [6.07, 6.45) is 0. The Morgan fingerprint density at radius 1 is 0.300 bits per heavy atom. The van der Waals surface area contributed by atoms with Crippen molar-refractivity contribution >= 4 is 57.8 Å². The Labute approximate surface area is 256 Å². The van der Waals surface area contributed by atoms with Gasteiger partial charge in [0.1, 0.15) is 0 Å². The maximum atomic E-state index is 6.14. The third-order valence-corrected chi connectivity index (χ3v) is 7.73. The number of hydrogen-bond donors (Lipinski definition) is 0. The van der Waals surface area contributed by atoms with E-state index in [2.05, 4.69) is 82.6 Å². The summed E-state index contributed by atoms with van der Waals surface area (Å²) < 4.78 is 0. The number of anilines is 2. The van der Waals surface area contributed by atoms with Crippen molar-refractivity contribution in [2.24, 2.45) is 0 Å². The van der Waals surface area contributed by atoms with Crippen molar-refractivity contribution in [3.63, 3.8) is 0 Å². The van der Waals surface area contributed by atoms with Gasteiger partial charge in [-0.15, -0.1) is 0 Å². The predicted octanol–water partition coefficient (Wildman–Crippen LogP) is 10.7. The van der Waals surface area contributed by atoms with Crippen molar-refractivity contribution < 1.29 is 0 Å². The van der Waals surface area contributed by atoms with E-state index in [1.54, 1.807) is 0 Å². The maximum Gasteiger partial charge on any atom is 0.0433 e. The molecule has 0 saturated carbocycles. The van der Waals surface area contributed by atoms with E-state index >= 15 is 0 Å². The summed E-state index contributed by atoms with van der Waals surface area (Å²) in [6, 6.07) is 40.9. The molecular weight excluding hydrogens is 578 g/mol. The first-order chi connectivity index (χ1) is 19.4. The van der Waals surface area contributed by atoms with Gasteiger partial charge in [-0.2, -0.15) is 0 Å². The fraction of sp³-hybridized carbons (Fsp3) is 0.118. The van der Waals surface area contributed by atoms with E-state index in [9.17, 15) is 0 Å². The first-order valence-corrected chi connectivity index (χ1v) is 14.5. The van der Waals surface area contributed by atoms with E-state index in [0.29, 0.717) is 0 Å². The minimum Gasteiger partial charge on any atom is -0.363 e. The summed E-state index contributed by atoms with van der Waals surface area (Å²) >= 11 is 24.6. The summed E-state index contributed by atoms with van der Waals surface area (Å²) in [4.78, 5) is 4.72. The summed E-state index contributed by atoms with van der Waals surface area (Å²) in [5.41, 5.74) is 7.02. The molecule has 0 fully saturated rings. The molecule has 5 aromatic rings. The summed E-state index contributed by atoms with van der Waals surface area (Å²) in [7, 11) is 0. The van der Waals surface area contributed by atoms with Crippen molar-refractivity contribution in [3.05, 3.63) is 164 Å². The van der Waals surface area contributed by atoms with Crippen LogP contribution < -0.4 is 9.80 Å². The van der Waals surface area contributed by atoms with Crippen molar-refractivity contribution in [2.75, 3.05) is 9.80 Å². The van der Waals surface area contributed by atoms with Crippen LogP contribution in [-0.2, 0) is 26.2 Å². The zero-order valence-electron chi connectivity index (χ0n) is 21.8. The Hall–Kier alpha value is -3.14. The Morgan fingerprint density at radius 2 is 0.500 bits per heavy atom. The quantitative estimate of drug-likeness (QED) is 0.156. The van der Waals surface area contributed by atoms with Gasteiger partial charge in [0.25, 0.3) is 0 Å². The normalized spacial score (nSPS) is 10.9. The van der Waals surface area contributed by atoms with Crippen molar-refractivity contribution in [2.45, 2.75) is 26.2 Å². The van der Waals surface area contributed by atoms with Crippen molar-refractivity contribution in [1.82, 2.24) is 0 Å². The molecule has 0 radical (unpaired) electrons. The molecule has 0 unspecified atom stereocenters. The fourth-order valence-corrected chi connectivity index (χ4v) is 5.10. The molecule has 0 atom stereocenters. The SMILES string of the molecule is Clc1ccc(CN(Cc2ccc(Cl)cc2)c2ccc(N(Cc3ccc(Cl)cc3)Cc3ccc(Cl)cc3)cc2)cc1. The Balaban J connectivity index is 1.42. The van der Waals surface area contributed by atoms with Gasteiger partial charge in [-0.05, 0) is 95.1 Å². The van der Waals surface area contributed by atoms with Crippen LogP contribution in [0.1, 0.15) is 22.3 Å². The number of hydrogen-bond acceptors (Lipinski definition) is 2. The molecule has 0 bridgehead atoms. The number of benzene rings is 5. The summed E-state index contributed by atoms with van der Waals surface area (Å²) in [5.74, 6) is 0. The molecule has 6 heteroatoms. The molecule has 0 amide bonds. The highest BCUT2D eigenvalue weighted by molar-refractivity contribution is 6.31. The zero-order valence-corrected chi connectivity index (χ0v) is 24.8. The summed E-state index contributed by atoms with van der Waals surface area (Å²) in [6.45, 7) is 2.99. The molecular formula is C34H28Cl4N2. The zero-order chi connectivity index (χ0) is 27.9. The monoisotopic (exact) mass is 604 g/mol. The minimum atomic E-state index is 0.735. The smallest absolute Gasteiger partial charge is 0.0433 e. The number of rotatable bonds is 10. The fourth-order valence-electron chi connectivity index (χ4n) is 4.59. The first kappa shape index (κ1) is 28.4. The van der Waals surface area contributed by atoms with E-state index < -0.39 is 0 Å². The van der Waals surface area contributed by atoms with Crippen LogP contribution in [0.3, 0.4) is 0 Å². The molecule has 0 spiro atoms. The lowest BCUT2D eigenvalue weighted by molar-refractivity contribution is 0.791. The third-order valence-electron chi connectivity index (χ3n) is 6.73. The topological polar surface area (TPSA) is 6.48 Å². The standard InChI is InChI=1S/C34H28Cl4N2/c35-29-9-1-25(2-10-29)21-39(22-26-3-11-30(36)12-4-26)33-17-19-34(20-18-33)40(23-27-5-13-31(37)14-6-27)24-28-7-15-32(38)16-8-28/h1-20H,21-24H2. The van der Waals surface area contributed by atoms with Crippen LogP contribution in [0.2, 0.25) is 20.1 Å². The average molecular weight is 606 g/mol. The highest BCUT2D eigenvalue weighted by Crippen LogP contribution is 2.28. The highest BCUT2D eigenvalue weighted by Gasteiger charge is 2.13. The van der Waals surface area contributed by atoms with Crippen LogP contribution in [0.5, 0.6) is 0 Å². The Kier molecular flexibility index (Phi) is 9.57. The van der Waals surface area contributed by atoms with Crippen LogP contribution in [0.4, 0.5) is 11.4 Å². The van der Waals surface area contributed by atoms with E-state index in [4.69, 9.17) is 46.4 Å². The molecule has 0 aliphatic rings. The first-order valence-electron chi connectivity index (χ1n) is 13.0. The highest BCUT2D eigenvalue weighted by atomic mass is 35.5. The summed E-state index contributed by atoms with van der Waals surface area (Å²) in [5, 5.41) is 2.94. The molecule has 0 N–H and O–H groups in total. The number of halogens is 4. The molecule has 0 aliphatic carbocycles. The van der Waals surface area contributed by atoms with Gasteiger partial charge < -0.3 is 9.80 Å². The van der Waals surface area contributed by atoms with Crippen LogP contribution in [0.15, 0.2) is 121 Å². The van der Waals surface area contributed by atoms with E-state index in [1.165, 1.54) is 22.3 Å². The Bertz CT molecular complexity index is 1290. The van der Waals surface area contributed by atoms with Gasteiger partial charge in [0.05, 0.1) is 0 Å². The maximum absolute atomic E-state index is 6.14.